The van der Waals surface area contributed by atoms with Gasteiger partial charge in [-0.15, -0.1) is 0 Å². The maximum Gasteiger partial charge on any atom is 0.0716 e. The summed E-state index contributed by atoms with van der Waals surface area (Å²) < 4.78 is 5.21. The molecule has 0 radical (unpaired) electrons. The van der Waals surface area contributed by atoms with E-state index in [-0.39, 0.29) is 6.10 Å². The Kier molecular flexibility index (Phi) is 5.17. The molecule has 18 heavy (non-hydrogen) atoms. The summed E-state index contributed by atoms with van der Waals surface area (Å²) in [6.45, 7) is 1.56. The second-order valence-electron chi connectivity index (χ2n) is 5.09. The molecule has 1 fully saturated rings. The van der Waals surface area contributed by atoms with E-state index in [1.807, 2.05) is 0 Å². The largest absolute Gasteiger partial charge is 0.393 e. The van der Waals surface area contributed by atoms with Crippen LogP contribution in [0.15, 0.2) is 24.3 Å². The SMILES string of the molecule is COCc1ccccc1CNC1CCC(O)CC1. The normalized spacial score (nSPS) is 24.1. The highest BCUT2D eigenvalue weighted by molar-refractivity contribution is 5.26. The van der Waals surface area contributed by atoms with E-state index in [4.69, 9.17) is 4.74 Å². The van der Waals surface area contributed by atoms with E-state index >= 15 is 0 Å². The quantitative estimate of drug-likeness (QED) is 0.841. The van der Waals surface area contributed by atoms with Crippen molar-refractivity contribution in [1.82, 2.24) is 5.32 Å². The van der Waals surface area contributed by atoms with Crippen LogP contribution in [-0.4, -0.2) is 24.4 Å². The highest BCUT2D eigenvalue weighted by Crippen LogP contribution is 2.19. The van der Waals surface area contributed by atoms with Gasteiger partial charge in [-0.1, -0.05) is 24.3 Å². The lowest BCUT2D eigenvalue weighted by Gasteiger charge is -2.26. The summed E-state index contributed by atoms with van der Waals surface area (Å²) in [5.41, 5.74) is 2.56. The average Bonchev–Trinajstić information content (AvgIpc) is 2.40. The van der Waals surface area contributed by atoms with Gasteiger partial charge in [0.2, 0.25) is 0 Å². The monoisotopic (exact) mass is 249 g/mol. The van der Waals surface area contributed by atoms with Crippen LogP contribution in [0.1, 0.15) is 36.8 Å². The van der Waals surface area contributed by atoms with Gasteiger partial charge in [0.05, 0.1) is 12.7 Å². The molecule has 0 atom stereocenters. The van der Waals surface area contributed by atoms with Crippen LogP contribution in [0.4, 0.5) is 0 Å². The first-order chi connectivity index (χ1) is 8.79. The molecular weight excluding hydrogens is 226 g/mol. The minimum atomic E-state index is -0.0798. The van der Waals surface area contributed by atoms with Crippen molar-refractivity contribution in [3.05, 3.63) is 35.4 Å². The maximum atomic E-state index is 9.48. The number of hydrogen-bond acceptors (Lipinski definition) is 3. The van der Waals surface area contributed by atoms with Gasteiger partial charge in [0, 0.05) is 19.7 Å². The standard InChI is InChI=1S/C15H23NO2/c1-18-11-13-5-3-2-4-12(13)10-16-14-6-8-15(17)9-7-14/h2-5,14-17H,6-11H2,1H3. The molecule has 2 rings (SSSR count). The molecule has 0 amide bonds. The molecule has 1 aromatic rings. The molecule has 1 saturated carbocycles. The van der Waals surface area contributed by atoms with Gasteiger partial charge < -0.3 is 15.2 Å². The van der Waals surface area contributed by atoms with Gasteiger partial charge >= 0.3 is 0 Å². The number of hydrogen-bond donors (Lipinski definition) is 2. The molecule has 0 heterocycles. The fourth-order valence-electron chi connectivity index (χ4n) is 2.56. The van der Waals surface area contributed by atoms with Crippen molar-refractivity contribution in [2.75, 3.05) is 7.11 Å². The van der Waals surface area contributed by atoms with E-state index in [2.05, 4.69) is 29.6 Å². The van der Waals surface area contributed by atoms with E-state index in [9.17, 15) is 5.11 Å². The first-order valence-electron chi connectivity index (χ1n) is 6.76. The Morgan fingerprint density at radius 1 is 1.17 bits per heavy atom. The van der Waals surface area contributed by atoms with Crippen LogP contribution in [0.5, 0.6) is 0 Å². The zero-order chi connectivity index (χ0) is 12.8. The van der Waals surface area contributed by atoms with E-state index in [1.54, 1.807) is 7.11 Å². The Hall–Kier alpha value is -0.900. The number of ether oxygens (including phenoxy) is 1. The van der Waals surface area contributed by atoms with Crippen molar-refractivity contribution >= 4 is 0 Å². The number of methoxy groups -OCH3 is 1. The van der Waals surface area contributed by atoms with Gasteiger partial charge in [-0.05, 0) is 36.8 Å². The zero-order valence-electron chi connectivity index (χ0n) is 11.1. The lowest BCUT2D eigenvalue weighted by Crippen LogP contribution is -2.34. The molecule has 0 saturated heterocycles. The molecule has 3 heteroatoms. The molecule has 100 valence electrons. The average molecular weight is 249 g/mol. The fraction of sp³-hybridized carbons (Fsp3) is 0.600. The molecule has 1 aliphatic rings. The van der Waals surface area contributed by atoms with Crippen LogP contribution >= 0.6 is 0 Å². The molecule has 0 bridgehead atoms. The lowest BCUT2D eigenvalue weighted by atomic mass is 9.93. The van der Waals surface area contributed by atoms with Crippen molar-refractivity contribution in [3.63, 3.8) is 0 Å². The first kappa shape index (κ1) is 13.5. The van der Waals surface area contributed by atoms with E-state index < -0.39 is 0 Å². The topological polar surface area (TPSA) is 41.5 Å². The molecule has 1 aromatic carbocycles. The Balaban J connectivity index is 1.86. The molecule has 0 aromatic heterocycles. The highest BCUT2D eigenvalue weighted by atomic mass is 16.5. The van der Waals surface area contributed by atoms with Crippen molar-refractivity contribution in [3.8, 4) is 0 Å². The van der Waals surface area contributed by atoms with E-state index in [0.717, 1.165) is 32.2 Å². The number of aliphatic hydroxyl groups is 1. The minimum Gasteiger partial charge on any atom is -0.393 e. The summed E-state index contributed by atoms with van der Waals surface area (Å²) in [5, 5.41) is 13.1. The van der Waals surface area contributed by atoms with Crippen molar-refractivity contribution < 1.29 is 9.84 Å². The molecule has 3 nitrogen and oxygen atoms in total. The Bertz CT molecular complexity index is 359. The summed E-state index contributed by atoms with van der Waals surface area (Å²) in [4.78, 5) is 0. The van der Waals surface area contributed by atoms with Gasteiger partial charge in [-0.2, -0.15) is 0 Å². The number of benzene rings is 1. The van der Waals surface area contributed by atoms with Crippen LogP contribution in [0.2, 0.25) is 0 Å². The third-order valence-electron chi connectivity index (χ3n) is 3.70. The fourth-order valence-corrected chi connectivity index (χ4v) is 2.56. The third-order valence-corrected chi connectivity index (χ3v) is 3.70. The predicted molar refractivity (Wildman–Crippen MR) is 72.3 cm³/mol. The maximum absolute atomic E-state index is 9.48. The second-order valence-corrected chi connectivity index (χ2v) is 5.09. The smallest absolute Gasteiger partial charge is 0.0716 e. The molecule has 1 aliphatic carbocycles. The van der Waals surface area contributed by atoms with Crippen LogP contribution in [0.25, 0.3) is 0 Å². The van der Waals surface area contributed by atoms with Crippen molar-refractivity contribution in [2.24, 2.45) is 0 Å². The van der Waals surface area contributed by atoms with E-state index in [0.29, 0.717) is 12.6 Å². The summed E-state index contributed by atoms with van der Waals surface area (Å²) in [6.07, 6.45) is 3.93. The van der Waals surface area contributed by atoms with Gasteiger partial charge in [-0.3, -0.25) is 0 Å². The summed E-state index contributed by atoms with van der Waals surface area (Å²) in [6, 6.07) is 8.93. The first-order valence-corrected chi connectivity index (χ1v) is 6.76. The Morgan fingerprint density at radius 2 is 1.83 bits per heavy atom. The third kappa shape index (κ3) is 3.80. The number of aliphatic hydroxyl groups excluding tert-OH is 1. The summed E-state index contributed by atoms with van der Waals surface area (Å²) >= 11 is 0. The van der Waals surface area contributed by atoms with Crippen molar-refractivity contribution in [2.45, 2.75) is 51.0 Å². The van der Waals surface area contributed by atoms with Gasteiger partial charge in [0.25, 0.3) is 0 Å². The molecule has 0 unspecified atom stereocenters. The highest BCUT2D eigenvalue weighted by Gasteiger charge is 2.18. The molecule has 0 aliphatic heterocycles. The zero-order valence-corrected chi connectivity index (χ0v) is 11.1. The van der Waals surface area contributed by atoms with Crippen molar-refractivity contribution in [1.29, 1.82) is 0 Å². The molecule has 0 spiro atoms. The Morgan fingerprint density at radius 3 is 2.50 bits per heavy atom. The van der Waals surface area contributed by atoms with Crippen LogP contribution in [0, 0.1) is 0 Å². The second kappa shape index (κ2) is 6.88. The number of rotatable bonds is 5. The van der Waals surface area contributed by atoms with Gasteiger partial charge in [0.1, 0.15) is 0 Å². The van der Waals surface area contributed by atoms with Crippen LogP contribution in [0.3, 0.4) is 0 Å². The van der Waals surface area contributed by atoms with Gasteiger partial charge in [0.15, 0.2) is 0 Å². The van der Waals surface area contributed by atoms with Crippen LogP contribution < -0.4 is 5.32 Å². The minimum absolute atomic E-state index is 0.0798. The van der Waals surface area contributed by atoms with Crippen LogP contribution in [-0.2, 0) is 17.9 Å². The number of nitrogens with one attached hydrogen (secondary N) is 1. The molecule has 2 N–H and O–H groups in total. The predicted octanol–water partition coefficient (Wildman–Crippen LogP) is 2.23. The summed E-state index contributed by atoms with van der Waals surface area (Å²) in [7, 11) is 1.73. The van der Waals surface area contributed by atoms with Gasteiger partial charge in [-0.25, -0.2) is 0 Å². The lowest BCUT2D eigenvalue weighted by molar-refractivity contribution is 0.116. The Labute approximate surface area is 109 Å². The summed E-state index contributed by atoms with van der Waals surface area (Å²) in [5.74, 6) is 0. The van der Waals surface area contributed by atoms with E-state index in [1.165, 1.54) is 11.1 Å². The molecular formula is C15H23NO2.